The van der Waals surface area contributed by atoms with Crippen LogP contribution in [0.4, 0.5) is 5.69 Å². The zero-order valence-electron chi connectivity index (χ0n) is 10.2. The lowest BCUT2D eigenvalue weighted by atomic mass is 10.2. The van der Waals surface area contributed by atoms with Gasteiger partial charge in [0.15, 0.2) is 4.67 Å². The van der Waals surface area contributed by atoms with E-state index in [0.717, 1.165) is 21.1 Å². The first-order chi connectivity index (χ1) is 9.74. The minimum Gasteiger partial charge on any atom is -0.447 e. The van der Waals surface area contributed by atoms with Crippen molar-refractivity contribution in [2.24, 2.45) is 5.10 Å². The number of rotatable bonds is 3. The highest BCUT2D eigenvalue weighted by Gasteiger charge is 2.03. The Morgan fingerprint density at radius 3 is 2.85 bits per heavy atom. The Bertz CT molecular complexity index is 758. The van der Waals surface area contributed by atoms with E-state index in [1.165, 1.54) is 0 Å². The fourth-order valence-corrected chi connectivity index (χ4v) is 2.39. The number of nitrogens with zero attached hydrogens (tertiary/aromatic N) is 2. The van der Waals surface area contributed by atoms with E-state index in [-0.39, 0.29) is 0 Å². The lowest BCUT2D eigenvalue weighted by Gasteiger charge is -2.03. The van der Waals surface area contributed by atoms with Crippen molar-refractivity contribution in [2.75, 3.05) is 5.43 Å². The maximum absolute atomic E-state index is 5.40. The Hall–Kier alpha value is -1.66. The van der Waals surface area contributed by atoms with Gasteiger partial charge in [0.1, 0.15) is 5.76 Å². The molecule has 0 amide bonds. The molecule has 0 unspecified atom stereocenters. The highest BCUT2D eigenvalue weighted by molar-refractivity contribution is 9.13. The number of pyridine rings is 1. The van der Waals surface area contributed by atoms with Crippen molar-refractivity contribution >= 4 is 54.7 Å². The summed E-state index contributed by atoms with van der Waals surface area (Å²) >= 11 is 6.63. The highest BCUT2D eigenvalue weighted by Crippen LogP contribution is 2.26. The van der Waals surface area contributed by atoms with Crippen molar-refractivity contribution in [3.8, 4) is 0 Å². The summed E-state index contributed by atoms with van der Waals surface area (Å²) < 4.78 is 6.90. The molecule has 4 nitrogen and oxygen atoms in total. The van der Waals surface area contributed by atoms with Crippen LogP contribution in [0.2, 0.25) is 0 Å². The Labute approximate surface area is 132 Å². The predicted molar refractivity (Wildman–Crippen MR) is 87.1 cm³/mol. The number of hydrogen-bond acceptors (Lipinski definition) is 4. The average molecular weight is 395 g/mol. The monoisotopic (exact) mass is 393 g/mol. The Kier molecular flexibility index (Phi) is 3.84. The zero-order chi connectivity index (χ0) is 13.9. The molecule has 2 aromatic heterocycles. The molecule has 3 aromatic rings. The first kappa shape index (κ1) is 13.3. The van der Waals surface area contributed by atoms with Crippen LogP contribution >= 0.6 is 31.9 Å². The minimum atomic E-state index is 0.643. The molecule has 0 saturated carbocycles. The number of halogens is 2. The van der Waals surface area contributed by atoms with Gasteiger partial charge in [-0.3, -0.25) is 10.4 Å². The van der Waals surface area contributed by atoms with Crippen LogP contribution in [0.1, 0.15) is 5.76 Å². The highest BCUT2D eigenvalue weighted by atomic mass is 79.9. The molecule has 0 bridgehead atoms. The quantitative estimate of drug-likeness (QED) is 0.512. The van der Waals surface area contributed by atoms with E-state index in [4.69, 9.17) is 4.42 Å². The van der Waals surface area contributed by atoms with Gasteiger partial charge in [-0.25, -0.2) is 0 Å². The molecule has 0 aliphatic carbocycles. The second-order valence-corrected chi connectivity index (χ2v) is 5.60. The van der Waals surface area contributed by atoms with Gasteiger partial charge in [0.2, 0.25) is 0 Å². The number of hydrazone groups is 1. The van der Waals surface area contributed by atoms with Gasteiger partial charge < -0.3 is 4.42 Å². The molecule has 0 fully saturated rings. The van der Waals surface area contributed by atoms with Crippen LogP contribution in [0.5, 0.6) is 0 Å². The lowest BCUT2D eigenvalue weighted by molar-refractivity contribution is 0.533. The van der Waals surface area contributed by atoms with Gasteiger partial charge in [-0.1, -0.05) is 18.2 Å². The summed E-state index contributed by atoms with van der Waals surface area (Å²) in [5.74, 6) is 0.643. The third-order valence-electron chi connectivity index (χ3n) is 2.67. The largest absolute Gasteiger partial charge is 0.447 e. The topological polar surface area (TPSA) is 50.4 Å². The third-order valence-corrected chi connectivity index (χ3v) is 4.38. The van der Waals surface area contributed by atoms with Gasteiger partial charge in [0.05, 0.1) is 21.9 Å². The summed E-state index contributed by atoms with van der Waals surface area (Å²) in [5.41, 5.74) is 4.72. The normalized spacial score (nSPS) is 11.3. The first-order valence-corrected chi connectivity index (χ1v) is 7.40. The van der Waals surface area contributed by atoms with E-state index in [0.29, 0.717) is 10.4 Å². The molecule has 1 N–H and O–H groups in total. The van der Waals surface area contributed by atoms with Crippen LogP contribution in [-0.4, -0.2) is 11.2 Å². The van der Waals surface area contributed by atoms with Crippen LogP contribution in [0, 0.1) is 0 Å². The van der Waals surface area contributed by atoms with E-state index in [1.54, 1.807) is 12.4 Å². The molecule has 6 heteroatoms. The second kappa shape index (κ2) is 5.76. The Morgan fingerprint density at radius 1 is 1.20 bits per heavy atom. The van der Waals surface area contributed by atoms with Gasteiger partial charge in [-0.2, -0.15) is 5.10 Å². The van der Waals surface area contributed by atoms with Crippen LogP contribution in [0.15, 0.2) is 61.3 Å². The lowest BCUT2D eigenvalue weighted by Crippen LogP contribution is -1.92. The zero-order valence-corrected chi connectivity index (χ0v) is 13.3. The summed E-state index contributed by atoms with van der Waals surface area (Å²) in [7, 11) is 0. The van der Waals surface area contributed by atoms with Crippen molar-refractivity contribution in [1.29, 1.82) is 0 Å². The molecule has 1 aromatic carbocycles. The van der Waals surface area contributed by atoms with Gasteiger partial charge in [-0.05, 0) is 44.0 Å². The Morgan fingerprint density at radius 2 is 2.05 bits per heavy atom. The van der Waals surface area contributed by atoms with E-state index < -0.39 is 0 Å². The molecule has 2 heterocycles. The SMILES string of the molecule is Brc1cc(/C=N\Nc2cccc3cccnc23)oc1Br. The molecular formula is C14H9Br2N3O. The molecule has 0 spiro atoms. The van der Waals surface area contributed by atoms with Gasteiger partial charge >= 0.3 is 0 Å². The predicted octanol–water partition coefficient (Wildman–Crippen LogP) is 4.80. The van der Waals surface area contributed by atoms with Crippen LogP contribution in [-0.2, 0) is 0 Å². The number of aromatic nitrogens is 1. The number of nitrogens with one attached hydrogen (secondary N) is 1. The van der Waals surface area contributed by atoms with E-state index >= 15 is 0 Å². The molecule has 0 atom stereocenters. The number of para-hydroxylation sites is 1. The van der Waals surface area contributed by atoms with E-state index in [2.05, 4.69) is 47.4 Å². The fraction of sp³-hybridized carbons (Fsp3) is 0. The maximum Gasteiger partial charge on any atom is 0.184 e. The van der Waals surface area contributed by atoms with E-state index in [1.807, 2.05) is 36.4 Å². The second-order valence-electron chi connectivity index (χ2n) is 4.02. The number of furan rings is 1. The fourth-order valence-electron chi connectivity index (χ4n) is 1.79. The number of hydrogen-bond donors (Lipinski definition) is 1. The summed E-state index contributed by atoms with van der Waals surface area (Å²) in [4.78, 5) is 4.35. The van der Waals surface area contributed by atoms with Crippen molar-refractivity contribution in [1.82, 2.24) is 4.98 Å². The van der Waals surface area contributed by atoms with Crippen molar-refractivity contribution < 1.29 is 4.42 Å². The minimum absolute atomic E-state index is 0.643. The van der Waals surface area contributed by atoms with E-state index in [9.17, 15) is 0 Å². The summed E-state index contributed by atoms with van der Waals surface area (Å²) in [6.45, 7) is 0. The van der Waals surface area contributed by atoms with Crippen LogP contribution in [0.3, 0.4) is 0 Å². The first-order valence-electron chi connectivity index (χ1n) is 5.82. The molecule has 0 aliphatic heterocycles. The number of fused-ring (bicyclic) bond motifs is 1. The van der Waals surface area contributed by atoms with Gasteiger partial charge in [0.25, 0.3) is 0 Å². The van der Waals surface area contributed by atoms with Gasteiger partial charge in [-0.15, -0.1) is 0 Å². The van der Waals surface area contributed by atoms with Crippen molar-refractivity contribution in [3.63, 3.8) is 0 Å². The molecule has 100 valence electrons. The smallest absolute Gasteiger partial charge is 0.184 e. The summed E-state index contributed by atoms with van der Waals surface area (Å²) in [5, 5.41) is 5.23. The molecule has 0 saturated heterocycles. The molecule has 3 rings (SSSR count). The molecule has 20 heavy (non-hydrogen) atoms. The van der Waals surface area contributed by atoms with Gasteiger partial charge in [0, 0.05) is 17.6 Å². The standard InChI is InChI=1S/C14H9Br2N3O/c15-11-7-10(20-14(11)16)8-18-19-12-5-1-3-9-4-2-6-17-13(9)12/h1-8,19H/b18-8-. The van der Waals surface area contributed by atoms with Crippen LogP contribution in [0.25, 0.3) is 10.9 Å². The average Bonchev–Trinajstić information content (AvgIpc) is 2.78. The third kappa shape index (κ3) is 2.76. The molecule has 0 radical (unpaired) electrons. The number of benzene rings is 1. The molecular weight excluding hydrogens is 386 g/mol. The van der Waals surface area contributed by atoms with Crippen molar-refractivity contribution in [3.05, 3.63) is 57.5 Å². The summed E-state index contributed by atoms with van der Waals surface area (Å²) in [6, 6.07) is 11.7. The molecule has 0 aliphatic rings. The van der Waals surface area contributed by atoms with Crippen LogP contribution < -0.4 is 5.43 Å². The van der Waals surface area contributed by atoms with Crippen molar-refractivity contribution in [2.45, 2.75) is 0 Å². The Balaban J connectivity index is 1.83. The number of anilines is 1. The maximum atomic E-state index is 5.40. The summed E-state index contributed by atoms with van der Waals surface area (Å²) in [6.07, 6.45) is 3.37.